The topological polar surface area (TPSA) is 58.6 Å². The van der Waals surface area contributed by atoms with Crippen LogP contribution in [0.15, 0.2) is 54.6 Å². The maximum Gasteiger partial charge on any atom is 0.244 e. The lowest BCUT2D eigenvalue weighted by molar-refractivity contribution is -0.117. The zero-order chi connectivity index (χ0) is 17.4. The van der Waals surface area contributed by atoms with Crippen LogP contribution in [0.25, 0.3) is 6.08 Å². The van der Waals surface area contributed by atoms with Gasteiger partial charge in [0.15, 0.2) is 11.6 Å². The number of rotatable bonds is 7. The van der Waals surface area contributed by atoms with Gasteiger partial charge in [0.25, 0.3) is 0 Å². The van der Waals surface area contributed by atoms with Crippen LogP contribution in [0, 0.1) is 5.82 Å². The number of amides is 1. The third-order valence-corrected chi connectivity index (χ3v) is 3.54. The van der Waals surface area contributed by atoms with Crippen molar-refractivity contribution in [1.82, 2.24) is 5.32 Å². The maximum absolute atomic E-state index is 13.4. The molecule has 0 heterocycles. The molecule has 0 aliphatic carbocycles. The summed E-state index contributed by atoms with van der Waals surface area (Å²) in [5.41, 5.74) is 1.58. The Kier molecular flexibility index (Phi) is 6.51. The molecule has 4 nitrogen and oxygen atoms in total. The Morgan fingerprint density at radius 2 is 2.04 bits per heavy atom. The van der Waals surface area contributed by atoms with E-state index in [0.717, 1.165) is 5.56 Å². The van der Waals surface area contributed by atoms with E-state index < -0.39 is 5.82 Å². The van der Waals surface area contributed by atoms with Crippen molar-refractivity contribution in [1.29, 1.82) is 0 Å². The lowest BCUT2D eigenvalue weighted by Gasteiger charge is -2.17. The summed E-state index contributed by atoms with van der Waals surface area (Å²) in [6.45, 7) is -0.0291. The first-order valence-corrected chi connectivity index (χ1v) is 7.62. The zero-order valence-electron chi connectivity index (χ0n) is 13.4. The van der Waals surface area contributed by atoms with Crippen molar-refractivity contribution in [3.05, 3.63) is 71.6 Å². The molecule has 126 valence electrons. The van der Waals surface area contributed by atoms with E-state index in [9.17, 15) is 14.3 Å². The minimum absolute atomic E-state index is 0.0291. The molecule has 0 spiro atoms. The Morgan fingerprint density at radius 3 is 2.71 bits per heavy atom. The van der Waals surface area contributed by atoms with Gasteiger partial charge in [0.1, 0.15) is 0 Å². The highest BCUT2D eigenvalue weighted by Gasteiger charge is 2.12. The second-order valence-electron chi connectivity index (χ2n) is 5.21. The molecule has 0 aliphatic heterocycles. The van der Waals surface area contributed by atoms with E-state index in [1.807, 2.05) is 30.3 Å². The first kappa shape index (κ1) is 17.7. The fourth-order valence-electron chi connectivity index (χ4n) is 2.31. The van der Waals surface area contributed by atoms with E-state index in [0.29, 0.717) is 12.0 Å². The van der Waals surface area contributed by atoms with E-state index in [-0.39, 0.29) is 24.3 Å². The van der Waals surface area contributed by atoms with Gasteiger partial charge in [0.2, 0.25) is 5.91 Å². The van der Waals surface area contributed by atoms with Gasteiger partial charge in [-0.2, -0.15) is 0 Å². The second-order valence-corrected chi connectivity index (χ2v) is 5.21. The lowest BCUT2D eigenvalue weighted by Crippen LogP contribution is -2.27. The summed E-state index contributed by atoms with van der Waals surface area (Å²) >= 11 is 0. The van der Waals surface area contributed by atoms with E-state index in [2.05, 4.69) is 5.32 Å². The van der Waals surface area contributed by atoms with Crippen LogP contribution in [0.5, 0.6) is 5.75 Å². The normalized spacial score (nSPS) is 12.1. The third kappa shape index (κ3) is 4.93. The van der Waals surface area contributed by atoms with Crippen molar-refractivity contribution < 1.29 is 19.0 Å². The highest BCUT2D eigenvalue weighted by molar-refractivity contribution is 5.92. The Hall–Kier alpha value is -2.66. The highest BCUT2D eigenvalue weighted by Crippen LogP contribution is 2.19. The largest absolute Gasteiger partial charge is 0.494 e. The smallest absolute Gasteiger partial charge is 0.244 e. The first-order chi connectivity index (χ1) is 11.6. The Bertz CT molecular complexity index is 701. The predicted octanol–water partition coefficient (Wildman–Crippen LogP) is 3.09. The molecule has 1 atom stereocenters. The molecular weight excluding hydrogens is 309 g/mol. The molecule has 2 aromatic carbocycles. The number of aliphatic hydroxyl groups excluding tert-OH is 1. The molecule has 0 aromatic heterocycles. The molecule has 2 rings (SSSR count). The first-order valence-electron chi connectivity index (χ1n) is 7.62. The molecule has 0 saturated carbocycles. The minimum Gasteiger partial charge on any atom is -0.494 e. The van der Waals surface area contributed by atoms with Crippen molar-refractivity contribution in [2.45, 2.75) is 12.5 Å². The van der Waals surface area contributed by atoms with Gasteiger partial charge in [-0.25, -0.2) is 4.39 Å². The van der Waals surface area contributed by atoms with E-state index in [1.165, 1.54) is 25.3 Å². The van der Waals surface area contributed by atoms with Crippen molar-refractivity contribution in [3.63, 3.8) is 0 Å². The summed E-state index contributed by atoms with van der Waals surface area (Å²) in [5, 5.41) is 12.0. The van der Waals surface area contributed by atoms with Crippen molar-refractivity contribution in [3.8, 4) is 5.75 Å². The molecule has 0 radical (unpaired) electrons. The number of nitrogens with one attached hydrogen (secondary N) is 1. The molecule has 5 heteroatoms. The lowest BCUT2D eigenvalue weighted by atomic mass is 10.0. The summed E-state index contributed by atoms with van der Waals surface area (Å²) in [7, 11) is 1.39. The average molecular weight is 329 g/mol. The highest BCUT2D eigenvalue weighted by atomic mass is 19.1. The SMILES string of the molecule is COc1cc(/C=C/C(=O)NC(CCO)c2ccccc2)ccc1F. The number of benzene rings is 2. The zero-order valence-corrected chi connectivity index (χ0v) is 13.4. The van der Waals surface area contributed by atoms with Gasteiger partial charge in [-0.05, 0) is 35.8 Å². The van der Waals surface area contributed by atoms with Gasteiger partial charge in [-0.1, -0.05) is 36.4 Å². The van der Waals surface area contributed by atoms with Crippen molar-refractivity contribution in [2.24, 2.45) is 0 Å². The van der Waals surface area contributed by atoms with Gasteiger partial charge in [0, 0.05) is 12.7 Å². The molecule has 2 aromatic rings. The summed E-state index contributed by atoms with van der Waals surface area (Å²) < 4.78 is 18.3. The van der Waals surface area contributed by atoms with Crippen LogP contribution in [0.1, 0.15) is 23.6 Å². The van der Waals surface area contributed by atoms with E-state index in [4.69, 9.17) is 4.74 Å². The summed E-state index contributed by atoms with van der Waals surface area (Å²) in [4.78, 5) is 12.1. The predicted molar refractivity (Wildman–Crippen MR) is 91.0 cm³/mol. The fourth-order valence-corrected chi connectivity index (χ4v) is 2.31. The molecule has 1 amide bonds. The Balaban J connectivity index is 2.05. The van der Waals surface area contributed by atoms with Crippen molar-refractivity contribution >= 4 is 12.0 Å². The van der Waals surface area contributed by atoms with Gasteiger partial charge in [-0.15, -0.1) is 0 Å². The van der Waals surface area contributed by atoms with Crippen molar-refractivity contribution in [2.75, 3.05) is 13.7 Å². The third-order valence-electron chi connectivity index (χ3n) is 3.54. The van der Waals surface area contributed by atoms with Gasteiger partial charge >= 0.3 is 0 Å². The fraction of sp³-hybridized carbons (Fsp3) is 0.211. The van der Waals surface area contributed by atoms with Crippen LogP contribution >= 0.6 is 0 Å². The van der Waals surface area contributed by atoms with E-state index >= 15 is 0 Å². The Morgan fingerprint density at radius 1 is 1.29 bits per heavy atom. The number of hydrogen-bond acceptors (Lipinski definition) is 3. The number of methoxy groups -OCH3 is 1. The molecule has 0 saturated heterocycles. The molecule has 2 N–H and O–H groups in total. The van der Waals surface area contributed by atoms with E-state index in [1.54, 1.807) is 12.1 Å². The van der Waals surface area contributed by atoms with Crippen LogP contribution < -0.4 is 10.1 Å². The summed E-state index contributed by atoms with van der Waals surface area (Å²) in [6.07, 6.45) is 3.38. The maximum atomic E-state index is 13.4. The number of carbonyl (C=O) groups is 1. The molecular formula is C19H20FNO3. The van der Waals surface area contributed by atoms with Crippen LogP contribution in [0.4, 0.5) is 4.39 Å². The van der Waals surface area contributed by atoms with Crippen LogP contribution in [0.2, 0.25) is 0 Å². The summed E-state index contributed by atoms with van der Waals surface area (Å²) in [5.74, 6) is -0.619. The standard InChI is InChI=1S/C19H20FNO3/c1-24-18-13-14(7-9-16(18)20)8-10-19(23)21-17(11-12-22)15-5-3-2-4-6-15/h2-10,13,17,22H,11-12H2,1H3,(H,21,23)/b10-8+. The number of carbonyl (C=O) groups excluding carboxylic acids is 1. The number of hydrogen-bond donors (Lipinski definition) is 2. The number of aliphatic hydroxyl groups is 1. The van der Waals surface area contributed by atoms with Crippen LogP contribution in [-0.2, 0) is 4.79 Å². The van der Waals surface area contributed by atoms with Gasteiger partial charge < -0.3 is 15.2 Å². The molecule has 0 bridgehead atoms. The quantitative estimate of drug-likeness (QED) is 0.768. The minimum atomic E-state index is -0.453. The monoisotopic (exact) mass is 329 g/mol. The average Bonchev–Trinajstić information content (AvgIpc) is 2.61. The second kappa shape index (κ2) is 8.84. The molecule has 24 heavy (non-hydrogen) atoms. The van der Waals surface area contributed by atoms with Gasteiger partial charge in [0.05, 0.1) is 13.2 Å². The van der Waals surface area contributed by atoms with Crippen LogP contribution in [0.3, 0.4) is 0 Å². The number of ether oxygens (including phenoxy) is 1. The molecule has 1 unspecified atom stereocenters. The summed E-state index contributed by atoms with van der Waals surface area (Å²) in [6, 6.07) is 13.5. The van der Waals surface area contributed by atoms with Crippen LogP contribution in [-0.4, -0.2) is 24.7 Å². The Labute approximate surface area is 140 Å². The number of halogens is 1. The molecule has 0 aliphatic rings. The molecule has 0 fully saturated rings. The van der Waals surface area contributed by atoms with Gasteiger partial charge in [-0.3, -0.25) is 4.79 Å².